The van der Waals surface area contributed by atoms with Crippen LogP contribution in [-0.2, 0) is 6.18 Å². The van der Waals surface area contributed by atoms with Gasteiger partial charge < -0.3 is 4.42 Å². The van der Waals surface area contributed by atoms with Gasteiger partial charge in [0, 0.05) is 17.0 Å². The second-order valence-corrected chi connectivity index (χ2v) is 4.56. The summed E-state index contributed by atoms with van der Waals surface area (Å²) in [6.07, 6.45) is -1.36. The van der Waals surface area contributed by atoms with Gasteiger partial charge in [-0.05, 0) is 6.07 Å². The molecular weight excluding hydrogens is 311 g/mol. The van der Waals surface area contributed by atoms with Crippen molar-refractivity contribution in [2.24, 2.45) is 0 Å². The third-order valence-electron chi connectivity index (χ3n) is 2.70. The van der Waals surface area contributed by atoms with E-state index in [0.29, 0.717) is 11.8 Å². The van der Waals surface area contributed by atoms with Crippen LogP contribution in [0.4, 0.5) is 13.2 Å². The molecule has 0 atom stereocenters. The zero-order valence-electron chi connectivity index (χ0n) is 10.1. The van der Waals surface area contributed by atoms with Crippen LogP contribution in [-0.4, -0.2) is 15.2 Å². The molecule has 0 amide bonds. The molecule has 1 N–H and O–H groups in total. The first-order chi connectivity index (χ1) is 9.84. The highest BCUT2D eigenvalue weighted by Gasteiger charge is 2.31. The molecule has 3 heterocycles. The van der Waals surface area contributed by atoms with Gasteiger partial charge in [-0.1, -0.05) is 11.6 Å². The number of nitrogens with zero attached hydrogens (tertiary/aromatic N) is 3. The summed E-state index contributed by atoms with van der Waals surface area (Å²) in [5.74, 6) is 0.0161. The highest BCUT2D eigenvalue weighted by atomic mass is 35.5. The molecule has 0 bridgehead atoms. The summed E-state index contributed by atoms with van der Waals surface area (Å²) in [5.41, 5.74) is -0.651. The van der Waals surface area contributed by atoms with E-state index in [9.17, 15) is 18.4 Å². The van der Waals surface area contributed by atoms with Gasteiger partial charge in [0.15, 0.2) is 0 Å². The van der Waals surface area contributed by atoms with Gasteiger partial charge in [0.25, 0.3) is 0 Å². The molecule has 0 saturated heterocycles. The molecule has 0 aliphatic rings. The largest absolute Gasteiger partial charge is 0.418 e. The van der Waals surface area contributed by atoms with Gasteiger partial charge in [-0.3, -0.25) is 5.21 Å². The van der Waals surface area contributed by atoms with E-state index in [-0.39, 0.29) is 22.1 Å². The Bertz CT molecular complexity index is 832. The van der Waals surface area contributed by atoms with E-state index in [2.05, 4.69) is 9.97 Å². The average Bonchev–Trinajstić information content (AvgIpc) is 2.79. The first-order valence-electron chi connectivity index (χ1n) is 5.59. The minimum absolute atomic E-state index is 0.0161. The third-order valence-corrected chi connectivity index (χ3v) is 3.00. The van der Waals surface area contributed by atoms with E-state index in [1.165, 1.54) is 18.5 Å². The maximum atomic E-state index is 12.6. The zero-order chi connectivity index (χ0) is 15.2. The van der Waals surface area contributed by atoms with E-state index in [4.69, 9.17) is 16.0 Å². The van der Waals surface area contributed by atoms with Crippen LogP contribution in [0.15, 0.2) is 35.1 Å². The normalized spacial score (nSPS) is 12.0. The van der Waals surface area contributed by atoms with Gasteiger partial charge in [0.2, 0.25) is 24.0 Å². The molecule has 0 spiro atoms. The molecule has 0 saturated carbocycles. The number of hydrogen-bond donors (Lipinski definition) is 1. The van der Waals surface area contributed by atoms with Crippen molar-refractivity contribution in [2.75, 3.05) is 0 Å². The number of rotatable bonds is 1. The van der Waals surface area contributed by atoms with E-state index in [0.717, 1.165) is 10.8 Å². The lowest BCUT2D eigenvalue weighted by atomic mass is 10.2. The summed E-state index contributed by atoms with van der Waals surface area (Å²) in [6.45, 7) is 0. The summed E-state index contributed by atoms with van der Waals surface area (Å²) in [4.78, 5) is 7.54. The number of oxazole rings is 1. The van der Waals surface area contributed by atoms with E-state index < -0.39 is 11.7 Å². The Balaban J connectivity index is 2.13. The Kier molecular flexibility index (Phi) is 2.98. The predicted octanol–water partition coefficient (Wildman–Crippen LogP) is 3.09. The van der Waals surface area contributed by atoms with Crippen LogP contribution in [0.2, 0.25) is 5.02 Å². The van der Waals surface area contributed by atoms with Crippen LogP contribution < -0.4 is 4.73 Å². The topological polar surface area (TPSA) is 63.0 Å². The van der Waals surface area contributed by atoms with Gasteiger partial charge in [0.05, 0.1) is 11.1 Å². The molecule has 3 aromatic rings. The zero-order valence-corrected chi connectivity index (χ0v) is 10.9. The molecule has 0 aliphatic carbocycles. The van der Waals surface area contributed by atoms with E-state index in [1.807, 2.05) is 0 Å². The number of hydrogen-bond acceptors (Lipinski definition) is 4. The highest BCUT2D eigenvalue weighted by molar-refractivity contribution is 6.32. The first kappa shape index (κ1) is 13.6. The summed E-state index contributed by atoms with van der Waals surface area (Å²) in [6, 6.07) is 2.26. The summed E-state index contributed by atoms with van der Waals surface area (Å²) < 4.78 is 43.8. The Morgan fingerprint density at radius 2 is 2.10 bits per heavy atom. The van der Waals surface area contributed by atoms with Crippen molar-refractivity contribution in [1.29, 1.82) is 0 Å². The van der Waals surface area contributed by atoms with Crippen LogP contribution in [0, 0.1) is 0 Å². The fourth-order valence-corrected chi connectivity index (χ4v) is 1.97. The van der Waals surface area contributed by atoms with Crippen LogP contribution in [0.5, 0.6) is 0 Å². The SMILES string of the molecule is O[n+]1ccc(-c2nc3cc(C(F)(F)F)cnc3o2)c(Cl)c1. The molecule has 0 fully saturated rings. The molecule has 0 aromatic carbocycles. The molecule has 0 radical (unpaired) electrons. The summed E-state index contributed by atoms with van der Waals surface area (Å²) in [5, 5.41) is 9.32. The van der Waals surface area contributed by atoms with Crippen molar-refractivity contribution in [1.82, 2.24) is 9.97 Å². The Hall–Kier alpha value is -2.35. The fraction of sp³-hybridized carbons (Fsp3) is 0.0833. The molecule has 5 nitrogen and oxygen atoms in total. The van der Waals surface area contributed by atoms with E-state index >= 15 is 0 Å². The standard InChI is InChI=1S/C12H6ClF3N3O2/c13-8-5-19(20)2-1-7(8)10-18-9-3-6(12(14,15)16)4-17-11(9)21-10/h1-5,20H/q+1. The number of aromatic nitrogens is 3. The lowest BCUT2D eigenvalue weighted by molar-refractivity contribution is -0.904. The van der Waals surface area contributed by atoms with E-state index in [1.54, 1.807) is 0 Å². The maximum Gasteiger partial charge on any atom is 0.417 e. The molecule has 0 aliphatic heterocycles. The molecule has 108 valence electrons. The smallest absolute Gasteiger partial charge is 0.417 e. The summed E-state index contributed by atoms with van der Waals surface area (Å²) in [7, 11) is 0. The molecule has 3 rings (SSSR count). The number of halogens is 4. The molecule has 3 aromatic heterocycles. The molecular formula is C12H6ClF3N3O2+. The van der Waals surface area contributed by atoms with Crippen molar-refractivity contribution in [2.45, 2.75) is 6.18 Å². The Morgan fingerprint density at radius 3 is 2.76 bits per heavy atom. The average molecular weight is 317 g/mol. The summed E-state index contributed by atoms with van der Waals surface area (Å²) >= 11 is 5.91. The highest BCUT2D eigenvalue weighted by Crippen LogP contribution is 2.32. The minimum Gasteiger partial charge on any atom is -0.418 e. The molecule has 0 unspecified atom stereocenters. The van der Waals surface area contributed by atoms with Crippen LogP contribution in [0.3, 0.4) is 0 Å². The third kappa shape index (κ3) is 2.49. The van der Waals surface area contributed by atoms with Crippen LogP contribution >= 0.6 is 11.6 Å². The number of fused-ring (bicyclic) bond motifs is 1. The lowest BCUT2D eigenvalue weighted by Gasteiger charge is -2.03. The van der Waals surface area contributed by atoms with Crippen LogP contribution in [0.1, 0.15) is 5.56 Å². The lowest BCUT2D eigenvalue weighted by Crippen LogP contribution is -2.28. The quantitative estimate of drug-likeness (QED) is 0.553. The Morgan fingerprint density at radius 1 is 1.33 bits per heavy atom. The maximum absolute atomic E-state index is 12.6. The van der Waals surface area contributed by atoms with Gasteiger partial charge in [-0.25, -0.2) is 9.97 Å². The van der Waals surface area contributed by atoms with Gasteiger partial charge in [-0.15, -0.1) is 0 Å². The van der Waals surface area contributed by atoms with Gasteiger partial charge in [0.1, 0.15) is 10.5 Å². The van der Waals surface area contributed by atoms with Crippen LogP contribution in [0.25, 0.3) is 22.7 Å². The molecule has 21 heavy (non-hydrogen) atoms. The second kappa shape index (κ2) is 4.59. The Labute approximate surface area is 120 Å². The number of alkyl halides is 3. The molecule has 9 heteroatoms. The van der Waals surface area contributed by atoms with Crippen molar-refractivity contribution in [3.05, 3.63) is 41.3 Å². The van der Waals surface area contributed by atoms with Gasteiger partial charge >= 0.3 is 6.18 Å². The van der Waals surface area contributed by atoms with Crippen molar-refractivity contribution in [3.63, 3.8) is 0 Å². The predicted molar refractivity (Wildman–Crippen MR) is 64.6 cm³/mol. The first-order valence-corrected chi connectivity index (χ1v) is 5.96. The van der Waals surface area contributed by atoms with Crippen molar-refractivity contribution >= 4 is 22.8 Å². The minimum atomic E-state index is -4.51. The van der Waals surface area contributed by atoms with Gasteiger partial charge in [-0.2, -0.15) is 13.2 Å². The fourth-order valence-electron chi connectivity index (χ4n) is 1.73. The number of pyridine rings is 2. The van der Waals surface area contributed by atoms with Crippen molar-refractivity contribution < 1.29 is 27.5 Å². The monoisotopic (exact) mass is 316 g/mol. The second-order valence-electron chi connectivity index (χ2n) is 4.15. The van der Waals surface area contributed by atoms with Crippen molar-refractivity contribution in [3.8, 4) is 11.5 Å².